The van der Waals surface area contributed by atoms with E-state index < -0.39 is 0 Å². The number of carbonyl (C=O) groups excluding carboxylic acids is 1. The van der Waals surface area contributed by atoms with Crippen molar-refractivity contribution < 1.29 is 18.7 Å². The van der Waals surface area contributed by atoms with Gasteiger partial charge in [-0.1, -0.05) is 37.1 Å². The lowest BCUT2D eigenvalue weighted by atomic mass is 9.95. The molecule has 8 nitrogen and oxygen atoms in total. The third-order valence-corrected chi connectivity index (χ3v) is 6.81. The highest BCUT2D eigenvalue weighted by Crippen LogP contribution is 2.35. The van der Waals surface area contributed by atoms with Gasteiger partial charge in [0.05, 0.1) is 26.2 Å². The van der Waals surface area contributed by atoms with Crippen LogP contribution in [0.2, 0.25) is 0 Å². The van der Waals surface area contributed by atoms with Crippen molar-refractivity contribution in [2.45, 2.75) is 49.7 Å². The molecule has 4 rings (SSSR count). The Hall–Kier alpha value is -2.94. The normalized spacial score (nSPS) is 14.2. The molecule has 2 heterocycles. The Kier molecular flexibility index (Phi) is 7.93. The third kappa shape index (κ3) is 5.71. The van der Waals surface area contributed by atoms with Crippen molar-refractivity contribution in [1.82, 2.24) is 20.1 Å². The van der Waals surface area contributed by atoms with E-state index in [9.17, 15) is 4.79 Å². The van der Waals surface area contributed by atoms with Crippen LogP contribution in [0, 0.1) is 0 Å². The number of hydrogen-bond acceptors (Lipinski definition) is 7. The Morgan fingerprint density at radius 1 is 1.15 bits per heavy atom. The first-order valence-electron chi connectivity index (χ1n) is 11.3. The fraction of sp³-hybridized carbons (Fsp3) is 0.458. The van der Waals surface area contributed by atoms with Gasteiger partial charge in [0.25, 0.3) is 0 Å². The van der Waals surface area contributed by atoms with Gasteiger partial charge >= 0.3 is 0 Å². The summed E-state index contributed by atoms with van der Waals surface area (Å²) in [5.41, 5.74) is 1.07. The van der Waals surface area contributed by atoms with Crippen LogP contribution in [0.3, 0.4) is 0 Å². The molecule has 0 aliphatic heterocycles. The van der Waals surface area contributed by atoms with Gasteiger partial charge < -0.3 is 19.2 Å². The number of methoxy groups -OCH3 is 2. The van der Waals surface area contributed by atoms with E-state index in [-0.39, 0.29) is 11.7 Å². The maximum atomic E-state index is 12.5. The maximum Gasteiger partial charge on any atom is 0.230 e. The summed E-state index contributed by atoms with van der Waals surface area (Å²) < 4.78 is 18.4. The van der Waals surface area contributed by atoms with Gasteiger partial charge in [0.1, 0.15) is 0 Å². The molecule has 2 aromatic heterocycles. The number of nitrogens with one attached hydrogen (secondary N) is 1. The number of thioether (sulfide) groups is 1. The van der Waals surface area contributed by atoms with E-state index in [4.69, 9.17) is 13.9 Å². The molecular formula is C24H30N4O4S. The molecule has 3 aromatic rings. The first kappa shape index (κ1) is 23.2. The zero-order chi connectivity index (χ0) is 23.0. The van der Waals surface area contributed by atoms with E-state index in [1.165, 1.54) is 31.0 Å². The summed E-state index contributed by atoms with van der Waals surface area (Å²) in [7, 11) is 3.23. The summed E-state index contributed by atoms with van der Waals surface area (Å²) in [5.74, 6) is 3.08. The first-order valence-corrected chi connectivity index (χ1v) is 12.3. The minimum atomic E-state index is -0.0294. The largest absolute Gasteiger partial charge is 0.493 e. The van der Waals surface area contributed by atoms with Crippen LogP contribution in [0.15, 0.2) is 46.2 Å². The highest BCUT2D eigenvalue weighted by molar-refractivity contribution is 7.99. The van der Waals surface area contributed by atoms with Crippen molar-refractivity contribution in [2.24, 2.45) is 0 Å². The fourth-order valence-electron chi connectivity index (χ4n) is 4.18. The number of nitrogens with zero attached hydrogens (tertiary/aromatic N) is 3. The third-order valence-electron chi connectivity index (χ3n) is 5.86. The molecule has 0 bridgehead atoms. The lowest BCUT2D eigenvalue weighted by Crippen LogP contribution is -2.27. The van der Waals surface area contributed by atoms with Crippen LogP contribution < -0.4 is 14.8 Å². The van der Waals surface area contributed by atoms with E-state index in [0.717, 1.165) is 29.4 Å². The second-order valence-corrected chi connectivity index (χ2v) is 8.97. The molecule has 33 heavy (non-hydrogen) atoms. The smallest absolute Gasteiger partial charge is 0.230 e. The van der Waals surface area contributed by atoms with Crippen molar-refractivity contribution in [3.63, 3.8) is 0 Å². The highest BCUT2D eigenvalue weighted by Gasteiger charge is 2.25. The number of amides is 1. The van der Waals surface area contributed by atoms with Gasteiger partial charge in [0.2, 0.25) is 11.7 Å². The molecule has 1 aliphatic carbocycles. The zero-order valence-electron chi connectivity index (χ0n) is 19.1. The minimum absolute atomic E-state index is 0.0294. The molecule has 0 atom stereocenters. The highest BCUT2D eigenvalue weighted by atomic mass is 32.2. The van der Waals surface area contributed by atoms with Gasteiger partial charge in [-0.2, -0.15) is 0 Å². The van der Waals surface area contributed by atoms with E-state index in [2.05, 4.69) is 20.1 Å². The van der Waals surface area contributed by atoms with E-state index >= 15 is 0 Å². The van der Waals surface area contributed by atoms with Crippen LogP contribution >= 0.6 is 11.8 Å². The molecular weight excluding hydrogens is 440 g/mol. The van der Waals surface area contributed by atoms with Crippen molar-refractivity contribution in [3.05, 3.63) is 42.2 Å². The molecule has 1 aliphatic rings. The second-order valence-electron chi connectivity index (χ2n) is 8.02. The van der Waals surface area contributed by atoms with Crippen molar-refractivity contribution in [1.29, 1.82) is 0 Å². The van der Waals surface area contributed by atoms with Crippen molar-refractivity contribution in [2.75, 3.05) is 26.5 Å². The average molecular weight is 471 g/mol. The molecule has 176 valence electrons. The monoisotopic (exact) mass is 470 g/mol. The number of benzene rings is 1. The lowest BCUT2D eigenvalue weighted by Gasteiger charge is -2.25. The summed E-state index contributed by atoms with van der Waals surface area (Å²) in [6.45, 7) is 0.543. The van der Waals surface area contributed by atoms with Gasteiger partial charge in [-0.05, 0) is 49.1 Å². The Balaban J connectivity index is 1.34. The molecule has 1 N–H and O–H groups in total. The number of rotatable bonds is 10. The van der Waals surface area contributed by atoms with Crippen LogP contribution in [-0.4, -0.2) is 47.2 Å². The van der Waals surface area contributed by atoms with Crippen molar-refractivity contribution >= 4 is 17.7 Å². The number of furan rings is 1. The van der Waals surface area contributed by atoms with Crippen LogP contribution in [0.4, 0.5) is 0 Å². The topological polar surface area (TPSA) is 91.4 Å². The van der Waals surface area contributed by atoms with Crippen LogP contribution in [0.25, 0.3) is 11.6 Å². The number of hydrogen-bond donors (Lipinski definition) is 1. The van der Waals surface area contributed by atoms with Crippen LogP contribution in [0.5, 0.6) is 11.5 Å². The van der Waals surface area contributed by atoms with Gasteiger partial charge in [0, 0.05) is 12.6 Å². The molecule has 0 saturated heterocycles. The Bertz CT molecular complexity index is 1040. The Labute approximate surface area is 198 Å². The molecule has 1 saturated carbocycles. The SMILES string of the molecule is COc1ccc(CCNC(=O)CSc2nnc(-c3ccco3)n2C2CCCCC2)cc1OC. The first-order chi connectivity index (χ1) is 16.2. The van der Waals surface area contributed by atoms with Crippen LogP contribution in [0.1, 0.15) is 43.7 Å². The maximum absolute atomic E-state index is 12.5. The Morgan fingerprint density at radius 2 is 1.97 bits per heavy atom. The van der Waals surface area contributed by atoms with Crippen molar-refractivity contribution in [3.8, 4) is 23.1 Å². The fourth-order valence-corrected chi connectivity index (χ4v) is 5.02. The predicted molar refractivity (Wildman–Crippen MR) is 127 cm³/mol. The Morgan fingerprint density at radius 3 is 2.70 bits per heavy atom. The lowest BCUT2D eigenvalue weighted by molar-refractivity contribution is -0.118. The zero-order valence-corrected chi connectivity index (χ0v) is 19.9. The predicted octanol–water partition coefficient (Wildman–Crippen LogP) is 4.51. The standard InChI is InChI=1S/C24H30N4O4S/c1-30-19-11-10-17(15-21(19)31-2)12-13-25-22(29)16-33-24-27-26-23(20-9-6-14-32-20)28(24)18-7-4-3-5-8-18/h6,9-11,14-15,18H,3-5,7-8,12-13,16H2,1-2H3,(H,25,29). The van der Waals surface area contributed by atoms with Crippen LogP contribution in [-0.2, 0) is 11.2 Å². The summed E-state index contributed by atoms with van der Waals surface area (Å²) in [5, 5.41) is 12.5. The van der Waals surface area contributed by atoms with Gasteiger partial charge in [0.15, 0.2) is 22.4 Å². The number of aromatic nitrogens is 3. The molecule has 1 amide bonds. The van der Waals surface area contributed by atoms with E-state index in [1.807, 2.05) is 30.3 Å². The molecule has 0 radical (unpaired) electrons. The second kappa shape index (κ2) is 11.3. The number of carbonyl (C=O) groups is 1. The average Bonchev–Trinajstić information content (AvgIpc) is 3.53. The summed E-state index contributed by atoms with van der Waals surface area (Å²) in [6.07, 6.45) is 8.20. The van der Waals surface area contributed by atoms with Gasteiger partial charge in [-0.3, -0.25) is 9.36 Å². The van der Waals surface area contributed by atoms with E-state index in [1.54, 1.807) is 20.5 Å². The molecule has 9 heteroatoms. The summed E-state index contributed by atoms with van der Waals surface area (Å²) in [6, 6.07) is 9.88. The minimum Gasteiger partial charge on any atom is -0.493 e. The molecule has 1 fully saturated rings. The van der Waals surface area contributed by atoms with Gasteiger partial charge in [-0.15, -0.1) is 10.2 Å². The molecule has 0 unspecified atom stereocenters. The summed E-state index contributed by atoms with van der Waals surface area (Å²) in [4.78, 5) is 12.5. The number of ether oxygens (including phenoxy) is 2. The molecule has 0 spiro atoms. The summed E-state index contributed by atoms with van der Waals surface area (Å²) >= 11 is 1.42. The van der Waals surface area contributed by atoms with E-state index in [0.29, 0.717) is 36.3 Å². The molecule has 1 aromatic carbocycles. The quantitative estimate of drug-likeness (QED) is 0.436. The van der Waals surface area contributed by atoms with Gasteiger partial charge in [-0.25, -0.2) is 0 Å².